The molecule has 0 unspecified atom stereocenters. The number of hydrogen-bond acceptors (Lipinski definition) is 5. The Morgan fingerprint density at radius 2 is 1.92 bits per heavy atom. The normalized spacial score (nSPS) is 12.3. The number of likely N-dealkylation sites (N-methyl/N-ethyl adjacent to an activating group) is 1. The quantitative estimate of drug-likeness (QED) is 0.689. The molecule has 0 radical (unpaired) electrons. The second kappa shape index (κ2) is 8.42. The van der Waals surface area contributed by atoms with Gasteiger partial charge in [0.15, 0.2) is 0 Å². The molecule has 1 aromatic carbocycles. The molecule has 2 rings (SSSR count). The summed E-state index contributed by atoms with van der Waals surface area (Å²) in [4.78, 5) is 12.4. The van der Waals surface area contributed by atoms with Crippen LogP contribution < -0.4 is 5.32 Å². The Balaban J connectivity index is 2.04. The van der Waals surface area contributed by atoms with Gasteiger partial charge in [0.1, 0.15) is 4.21 Å². The first-order valence-corrected chi connectivity index (χ1v) is 10.5. The van der Waals surface area contributed by atoms with E-state index in [-0.39, 0.29) is 14.8 Å². The topological polar surface area (TPSA) is 66.5 Å². The molecule has 0 saturated heterocycles. The molecule has 1 heterocycles. The Morgan fingerprint density at radius 3 is 2.54 bits per heavy atom. The summed E-state index contributed by atoms with van der Waals surface area (Å²) in [5, 5.41) is 4.07. The fourth-order valence-corrected chi connectivity index (χ4v) is 4.99. The van der Waals surface area contributed by atoms with Gasteiger partial charge in [-0.2, -0.15) is 17.5 Å². The van der Waals surface area contributed by atoms with Gasteiger partial charge in [0, 0.05) is 11.9 Å². The van der Waals surface area contributed by atoms with Crippen molar-refractivity contribution in [3.05, 3.63) is 41.8 Å². The number of para-hydroxylation sites is 1. The highest BCUT2D eigenvalue weighted by Gasteiger charge is 2.28. The van der Waals surface area contributed by atoms with E-state index in [1.165, 1.54) is 25.2 Å². The van der Waals surface area contributed by atoms with Crippen molar-refractivity contribution < 1.29 is 26.4 Å². The summed E-state index contributed by atoms with van der Waals surface area (Å²) in [6.07, 6.45) is -4.34. The molecular formula is C15H15F3N2O3S3. The summed E-state index contributed by atoms with van der Waals surface area (Å²) in [6, 6.07) is 9.06. The lowest BCUT2D eigenvalue weighted by Crippen LogP contribution is -2.34. The average molecular weight is 424 g/mol. The number of alkyl halides is 3. The van der Waals surface area contributed by atoms with E-state index in [2.05, 4.69) is 5.32 Å². The van der Waals surface area contributed by atoms with Crippen LogP contribution in [0.4, 0.5) is 18.9 Å². The zero-order chi connectivity index (χ0) is 19.4. The number of nitrogens with zero attached hydrogens (tertiary/aromatic N) is 1. The van der Waals surface area contributed by atoms with Crippen LogP contribution in [0.1, 0.15) is 0 Å². The molecule has 2 aromatic rings. The molecule has 0 aliphatic carbocycles. The van der Waals surface area contributed by atoms with Gasteiger partial charge in [0.05, 0.1) is 18.0 Å². The average Bonchev–Trinajstić information content (AvgIpc) is 3.08. The van der Waals surface area contributed by atoms with Crippen molar-refractivity contribution in [3.8, 4) is 0 Å². The van der Waals surface area contributed by atoms with Crippen molar-refractivity contribution >= 4 is 44.7 Å². The molecule has 5 nitrogen and oxygen atoms in total. The highest BCUT2D eigenvalue weighted by molar-refractivity contribution is 7.99. The minimum Gasteiger partial charge on any atom is -0.324 e. The van der Waals surface area contributed by atoms with Crippen LogP contribution in [0.3, 0.4) is 0 Å². The fraction of sp³-hybridized carbons (Fsp3) is 0.267. The molecular weight excluding hydrogens is 409 g/mol. The van der Waals surface area contributed by atoms with Gasteiger partial charge < -0.3 is 5.32 Å². The van der Waals surface area contributed by atoms with E-state index in [4.69, 9.17) is 0 Å². The summed E-state index contributed by atoms with van der Waals surface area (Å²) in [7, 11) is -2.52. The Morgan fingerprint density at radius 1 is 1.23 bits per heavy atom. The number of carbonyl (C=O) groups is 1. The maximum atomic E-state index is 12.4. The molecule has 1 amide bonds. The van der Waals surface area contributed by atoms with Gasteiger partial charge in [-0.1, -0.05) is 18.2 Å². The van der Waals surface area contributed by atoms with Crippen LogP contribution in [0.2, 0.25) is 0 Å². The minimum absolute atomic E-state index is 0.105. The van der Waals surface area contributed by atoms with Crippen LogP contribution in [0, 0.1) is 0 Å². The molecule has 0 spiro atoms. The van der Waals surface area contributed by atoms with E-state index in [9.17, 15) is 26.4 Å². The molecule has 0 aliphatic heterocycles. The van der Waals surface area contributed by atoms with Crippen molar-refractivity contribution in [2.24, 2.45) is 0 Å². The molecule has 26 heavy (non-hydrogen) atoms. The maximum absolute atomic E-state index is 12.4. The van der Waals surface area contributed by atoms with Crippen LogP contribution in [0.25, 0.3) is 0 Å². The summed E-state index contributed by atoms with van der Waals surface area (Å²) < 4.78 is 62.7. The van der Waals surface area contributed by atoms with Gasteiger partial charge in [-0.3, -0.25) is 4.79 Å². The molecule has 1 aromatic heterocycles. The number of thiophene rings is 1. The van der Waals surface area contributed by atoms with Crippen LogP contribution in [-0.4, -0.2) is 44.2 Å². The molecule has 0 fully saturated rings. The molecule has 0 saturated carbocycles. The minimum atomic E-state index is -4.34. The summed E-state index contributed by atoms with van der Waals surface area (Å²) in [6.45, 7) is -0.460. The monoisotopic (exact) mass is 424 g/mol. The number of carbonyl (C=O) groups excluding carboxylic acids is 1. The highest BCUT2D eigenvalue weighted by atomic mass is 32.2. The van der Waals surface area contributed by atoms with E-state index < -0.39 is 34.4 Å². The standard InChI is InChI=1S/C15H15F3N2O3S3/c1-20(26(22,23)14-7-4-8-24-14)9-13(21)19-11-5-2-3-6-12(11)25-10-15(16,17)18/h2-8H,9-10H2,1H3,(H,19,21). The van der Waals surface area contributed by atoms with Gasteiger partial charge in [-0.15, -0.1) is 23.1 Å². The first-order chi connectivity index (χ1) is 12.1. The predicted molar refractivity (Wildman–Crippen MR) is 96.0 cm³/mol. The number of halogens is 3. The lowest BCUT2D eigenvalue weighted by molar-refractivity contribution is -0.116. The lowest BCUT2D eigenvalue weighted by Gasteiger charge is -2.17. The second-order valence-electron chi connectivity index (χ2n) is 5.14. The number of rotatable bonds is 7. The largest absolute Gasteiger partial charge is 0.398 e. The first kappa shape index (κ1) is 20.7. The van der Waals surface area contributed by atoms with E-state index in [1.54, 1.807) is 23.6 Å². The van der Waals surface area contributed by atoms with Gasteiger partial charge >= 0.3 is 6.18 Å². The number of benzene rings is 1. The highest BCUT2D eigenvalue weighted by Crippen LogP contribution is 2.32. The number of nitrogens with one attached hydrogen (secondary N) is 1. The second-order valence-corrected chi connectivity index (χ2v) is 9.38. The smallest absolute Gasteiger partial charge is 0.324 e. The molecule has 142 valence electrons. The number of thioether (sulfide) groups is 1. The van der Waals surface area contributed by atoms with Crippen molar-refractivity contribution in [2.75, 3.05) is 24.7 Å². The predicted octanol–water partition coefficient (Wildman–Crippen LogP) is 3.66. The van der Waals surface area contributed by atoms with Crippen LogP contribution >= 0.6 is 23.1 Å². The first-order valence-electron chi connectivity index (χ1n) is 7.18. The van der Waals surface area contributed by atoms with Crippen LogP contribution in [0.15, 0.2) is 50.9 Å². The van der Waals surface area contributed by atoms with Crippen LogP contribution in [0.5, 0.6) is 0 Å². The lowest BCUT2D eigenvalue weighted by atomic mass is 10.3. The summed E-state index contributed by atoms with van der Waals surface area (Å²) in [5.74, 6) is -1.74. The Hall–Kier alpha value is -1.56. The molecule has 1 N–H and O–H groups in total. The molecule has 0 atom stereocenters. The SMILES string of the molecule is CN(CC(=O)Nc1ccccc1SCC(F)(F)F)S(=O)(=O)c1cccs1. The van der Waals surface area contributed by atoms with E-state index in [0.29, 0.717) is 11.8 Å². The third-order valence-electron chi connectivity index (χ3n) is 3.08. The summed E-state index contributed by atoms with van der Waals surface area (Å²) in [5.41, 5.74) is 0.202. The Bertz CT molecular complexity index is 853. The van der Waals surface area contributed by atoms with Gasteiger partial charge in [-0.05, 0) is 23.6 Å². The van der Waals surface area contributed by atoms with Crippen molar-refractivity contribution in [1.29, 1.82) is 0 Å². The number of hydrogen-bond donors (Lipinski definition) is 1. The molecule has 0 bridgehead atoms. The summed E-state index contributed by atoms with van der Waals surface area (Å²) >= 11 is 1.58. The number of anilines is 1. The Kier molecular flexibility index (Phi) is 6.72. The zero-order valence-corrected chi connectivity index (χ0v) is 15.9. The third kappa shape index (κ3) is 5.73. The van der Waals surface area contributed by atoms with Crippen molar-refractivity contribution in [1.82, 2.24) is 4.31 Å². The van der Waals surface area contributed by atoms with Crippen LogP contribution in [-0.2, 0) is 14.8 Å². The van der Waals surface area contributed by atoms with Gasteiger partial charge in [-0.25, -0.2) is 8.42 Å². The Labute approximate surface area is 157 Å². The van der Waals surface area contributed by atoms with Gasteiger partial charge in [0.2, 0.25) is 5.91 Å². The van der Waals surface area contributed by atoms with Gasteiger partial charge in [0.25, 0.3) is 10.0 Å². The van der Waals surface area contributed by atoms with E-state index in [0.717, 1.165) is 15.6 Å². The van der Waals surface area contributed by atoms with E-state index >= 15 is 0 Å². The van der Waals surface area contributed by atoms with E-state index in [1.807, 2.05) is 0 Å². The van der Waals surface area contributed by atoms with Crippen molar-refractivity contribution in [3.63, 3.8) is 0 Å². The molecule has 11 heteroatoms. The maximum Gasteiger partial charge on any atom is 0.398 e. The zero-order valence-electron chi connectivity index (χ0n) is 13.5. The number of sulfonamides is 1. The van der Waals surface area contributed by atoms with Crippen molar-refractivity contribution in [2.45, 2.75) is 15.3 Å². The molecule has 0 aliphatic rings. The number of amides is 1. The fourth-order valence-electron chi connectivity index (χ4n) is 1.90. The third-order valence-corrected chi connectivity index (χ3v) is 7.39.